The third-order valence-corrected chi connectivity index (χ3v) is 3.30. The van der Waals surface area contributed by atoms with Crippen molar-refractivity contribution in [1.82, 2.24) is 10.2 Å². The fourth-order valence-electron chi connectivity index (χ4n) is 2.36. The summed E-state index contributed by atoms with van der Waals surface area (Å²) in [6, 6.07) is 1.77. The Labute approximate surface area is 106 Å². The quantitative estimate of drug-likeness (QED) is 0.866. The number of rotatable bonds is 4. The Hall–Kier alpha value is -1.39. The van der Waals surface area contributed by atoms with E-state index in [9.17, 15) is 9.18 Å². The second kappa shape index (κ2) is 5.08. The predicted molar refractivity (Wildman–Crippen MR) is 68.1 cm³/mol. The molecule has 18 heavy (non-hydrogen) atoms. The zero-order valence-electron chi connectivity index (χ0n) is 10.9. The van der Waals surface area contributed by atoms with Gasteiger partial charge in [0.2, 0.25) is 0 Å². The van der Waals surface area contributed by atoms with Crippen LogP contribution in [0.25, 0.3) is 0 Å². The summed E-state index contributed by atoms with van der Waals surface area (Å²) in [7, 11) is 0. The number of halogens is 1. The highest BCUT2D eigenvalue weighted by atomic mass is 19.1. The number of amides is 1. The van der Waals surface area contributed by atoms with Crippen molar-refractivity contribution in [1.29, 1.82) is 0 Å². The molecule has 1 amide bonds. The predicted octanol–water partition coefficient (Wildman–Crippen LogP) is 2.83. The molecule has 1 heterocycles. The highest BCUT2D eigenvalue weighted by Crippen LogP contribution is 2.34. The lowest BCUT2D eigenvalue weighted by molar-refractivity contribution is -0.127. The molecular weight excluding hydrogens is 233 g/mol. The number of hydrogen-bond donors (Lipinski definition) is 2. The smallest absolute Gasteiger partial charge is 0.263 e. The molecule has 2 N–H and O–H groups in total. The van der Waals surface area contributed by atoms with Crippen molar-refractivity contribution in [3.63, 3.8) is 0 Å². The molecule has 0 aliphatic heterocycles. The molecule has 1 fully saturated rings. The van der Waals surface area contributed by atoms with Gasteiger partial charge in [0, 0.05) is 11.8 Å². The van der Waals surface area contributed by atoms with Gasteiger partial charge in [-0.1, -0.05) is 13.8 Å². The maximum absolute atomic E-state index is 14.2. The standard InChI is InChI=1S/C13H20FN3O/c1-9(2)7-10-8-11(17-16-10)15-12(18)13(14)5-3-4-6-13/h8-9H,3-7H2,1-2H3,(H2,15,16,17,18). The van der Waals surface area contributed by atoms with E-state index in [0.717, 1.165) is 25.0 Å². The van der Waals surface area contributed by atoms with Gasteiger partial charge < -0.3 is 5.32 Å². The molecule has 1 saturated carbocycles. The average molecular weight is 253 g/mol. The summed E-state index contributed by atoms with van der Waals surface area (Å²) in [6.07, 6.45) is 3.07. The molecule has 5 heteroatoms. The van der Waals surface area contributed by atoms with Crippen LogP contribution in [-0.4, -0.2) is 21.8 Å². The van der Waals surface area contributed by atoms with Crippen LogP contribution in [0.2, 0.25) is 0 Å². The molecule has 0 radical (unpaired) electrons. The zero-order chi connectivity index (χ0) is 13.2. The number of H-pyrrole nitrogens is 1. The third-order valence-electron chi connectivity index (χ3n) is 3.30. The minimum atomic E-state index is -1.70. The van der Waals surface area contributed by atoms with Gasteiger partial charge in [0.25, 0.3) is 5.91 Å². The maximum atomic E-state index is 14.2. The van der Waals surface area contributed by atoms with Crippen LogP contribution in [0.4, 0.5) is 10.2 Å². The molecule has 1 aliphatic carbocycles. The fraction of sp³-hybridized carbons (Fsp3) is 0.692. The topological polar surface area (TPSA) is 57.8 Å². The van der Waals surface area contributed by atoms with Crippen LogP contribution in [0.15, 0.2) is 6.07 Å². The molecule has 4 nitrogen and oxygen atoms in total. The summed E-state index contributed by atoms with van der Waals surface area (Å²) >= 11 is 0. The lowest BCUT2D eigenvalue weighted by Crippen LogP contribution is -2.36. The summed E-state index contributed by atoms with van der Waals surface area (Å²) in [4.78, 5) is 11.8. The molecule has 0 bridgehead atoms. The van der Waals surface area contributed by atoms with Crippen molar-refractivity contribution >= 4 is 11.7 Å². The molecule has 100 valence electrons. The summed E-state index contributed by atoms with van der Waals surface area (Å²) < 4.78 is 14.2. The largest absolute Gasteiger partial charge is 0.306 e. The van der Waals surface area contributed by atoms with Crippen molar-refractivity contribution in [3.8, 4) is 0 Å². The van der Waals surface area contributed by atoms with Crippen LogP contribution in [-0.2, 0) is 11.2 Å². The van der Waals surface area contributed by atoms with E-state index in [0.29, 0.717) is 24.6 Å². The first-order chi connectivity index (χ1) is 8.49. The molecular formula is C13H20FN3O. The third kappa shape index (κ3) is 2.89. The Bertz CT molecular complexity index is 422. The maximum Gasteiger partial charge on any atom is 0.263 e. The van der Waals surface area contributed by atoms with E-state index in [1.165, 1.54) is 0 Å². The first-order valence-corrected chi connectivity index (χ1v) is 6.54. The van der Waals surface area contributed by atoms with E-state index in [4.69, 9.17) is 0 Å². The molecule has 1 aromatic rings. The molecule has 0 spiro atoms. The van der Waals surface area contributed by atoms with E-state index >= 15 is 0 Å². The monoisotopic (exact) mass is 253 g/mol. The number of nitrogens with zero attached hydrogens (tertiary/aromatic N) is 1. The minimum absolute atomic E-state index is 0.322. The highest BCUT2D eigenvalue weighted by molar-refractivity contribution is 5.96. The number of carbonyl (C=O) groups is 1. The van der Waals surface area contributed by atoms with Crippen LogP contribution in [0.1, 0.15) is 45.2 Å². The Morgan fingerprint density at radius 1 is 1.56 bits per heavy atom. The number of aromatic amines is 1. The Morgan fingerprint density at radius 2 is 2.22 bits per heavy atom. The normalized spacial score (nSPS) is 18.2. The van der Waals surface area contributed by atoms with Gasteiger partial charge in [-0.15, -0.1) is 0 Å². The highest BCUT2D eigenvalue weighted by Gasteiger charge is 2.41. The molecule has 0 aromatic carbocycles. The lowest BCUT2D eigenvalue weighted by Gasteiger charge is -2.16. The number of anilines is 1. The van der Waals surface area contributed by atoms with Crippen LogP contribution in [0.3, 0.4) is 0 Å². The number of carbonyl (C=O) groups excluding carboxylic acids is 1. The summed E-state index contributed by atoms with van der Waals surface area (Å²) in [5.41, 5.74) is -0.739. The molecule has 0 saturated heterocycles. The average Bonchev–Trinajstić information content (AvgIpc) is 2.88. The zero-order valence-corrected chi connectivity index (χ0v) is 10.9. The SMILES string of the molecule is CC(C)Cc1cc(NC(=O)C2(F)CCCC2)n[nH]1. The van der Waals surface area contributed by atoms with Crippen molar-refractivity contribution in [2.24, 2.45) is 5.92 Å². The van der Waals surface area contributed by atoms with Crippen molar-refractivity contribution in [2.75, 3.05) is 5.32 Å². The Balaban J connectivity index is 1.96. The minimum Gasteiger partial charge on any atom is -0.306 e. The van der Waals surface area contributed by atoms with Crippen LogP contribution in [0, 0.1) is 5.92 Å². The number of hydrogen-bond acceptors (Lipinski definition) is 2. The Kier molecular flexibility index (Phi) is 3.68. The molecule has 1 aromatic heterocycles. The summed E-state index contributed by atoms with van der Waals surface area (Å²) in [6.45, 7) is 4.21. The summed E-state index contributed by atoms with van der Waals surface area (Å²) in [5, 5.41) is 9.41. The van der Waals surface area contributed by atoms with Crippen LogP contribution < -0.4 is 5.32 Å². The molecule has 1 aliphatic rings. The fourth-order valence-corrected chi connectivity index (χ4v) is 2.36. The first kappa shape index (κ1) is 13.1. The van der Waals surface area contributed by atoms with E-state index in [1.54, 1.807) is 6.07 Å². The van der Waals surface area contributed by atoms with Gasteiger partial charge in [0.15, 0.2) is 11.5 Å². The number of aromatic nitrogens is 2. The van der Waals surface area contributed by atoms with Gasteiger partial charge in [-0.25, -0.2) is 4.39 Å². The van der Waals surface area contributed by atoms with E-state index < -0.39 is 11.6 Å². The van der Waals surface area contributed by atoms with E-state index in [-0.39, 0.29) is 0 Å². The Morgan fingerprint density at radius 3 is 2.83 bits per heavy atom. The first-order valence-electron chi connectivity index (χ1n) is 6.54. The van der Waals surface area contributed by atoms with E-state index in [2.05, 4.69) is 29.4 Å². The van der Waals surface area contributed by atoms with Crippen molar-refractivity contribution < 1.29 is 9.18 Å². The summed E-state index contributed by atoms with van der Waals surface area (Å²) in [5.74, 6) is 0.374. The number of alkyl halides is 1. The number of nitrogens with one attached hydrogen (secondary N) is 2. The van der Waals surface area contributed by atoms with Gasteiger partial charge in [0.1, 0.15) is 0 Å². The molecule has 2 rings (SSSR count). The van der Waals surface area contributed by atoms with Crippen LogP contribution in [0.5, 0.6) is 0 Å². The van der Waals surface area contributed by atoms with Gasteiger partial charge in [-0.05, 0) is 38.0 Å². The van der Waals surface area contributed by atoms with E-state index in [1.807, 2.05) is 0 Å². The van der Waals surface area contributed by atoms with Gasteiger partial charge >= 0.3 is 0 Å². The molecule has 0 unspecified atom stereocenters. The lowest BCUT2D eigenvalue weighted by atomic mass is 10.0. The molecule has 0 atom stereocenters. The van der Waals surface area contributed by atoms with Crippen LogP contribution >= 0.6 is 0 Å². The second-order valence-corrected chi connectivity index (χ2v) is 5.50. The van der Waals surface area contributed by atoms with Gasteiger partial charge in [0.05, 0.1) is 0 Å². The van der Waals surface area contributed by atoms with Crippen molar-refractivity contribution in [2.45, 2.75) is 51.6 Å². The van der Waals surface area contributed by atoms with Gasteiger partial charge in [-0.3, -0.25) is 9.89 Å². The second-order valence-electron chi connectivity index (χ2n) is 5.50. The van der Waals surface area contributed by atoms with Gasteiger partial charge in [-0.2, -0.15) is 5.10 Å². The van der Waals surface area contributed by atoms with Crippen molar-refractivity contribution in [3.05, 3.63) is 11.8 Å².